The first-order valence-electron chi connectivity index (χ1n) is 6.94. The van der Waals surface area contributed by atoms with Gasteiger partial charge >= 0.3 is 0 Å². The van der Waals surface area contributed by atoms with Crippen molar-refractivity contribution in [2.75, 3.05) is 5.32 Å². The molecule has 0 fully saturated rings. The number of carbonyl (C=O) groups is 1. The van der Waals surface area contributed by atoms with Crippen LogP contribution in [0.1, 0.15) is 5.56 Å². The predicted molar refractivity (Wildman–Crippen MR) is 89.4 cm³/mol. The average Bonchev–Trinajstić information content (AvgIpc) is 3.03. The smallest absolute Gasteiger partial charge is 0.250 e. The van der Waals surface area contributed by atoms with E-state index in [1.54, 1.807) is 30.3 Å². The highest BCUT2D eigenvalue weighted by Gasteiger charge is 2.08. The number of rotatable bonds is 4. The van der Waals surface area contributed by atoms with E-state index in [1.807, 2.05) is 0 Å². The maximum atomic E-state index is 12.9. The van der Waals surface area contributed by atoms with Gasteiger partial charge in [0.2, 0.25) is 11.0 Å². The number of amides is 1. The largest absolute Gasteiger partial charge is 0.297 e. The minimum absolute atomic E-state index is 0.334. The third-order valence-corrected chi connectivity index (χ3v) is 3.69. The molecule has 3 rings (SSSR count). The highest BCUT2D eigenvalue weighted by molar-refractivity contribution is 7.10. The number of carbonyl (C=O) groups excluding carboxylic acids is 1. The summed E-state index contributed by atoms with van der Waals surface area (Å²) in [6.07, 6.45) is 2.89. The zero-order valence-corrected chi connectivity index (χ0v) is 13.1. The highest BCUT2D eigenvalue weighted by atomic mass is 32.1. The van der Waals surface area contributed by atoms with Crippen LogP contribution in [0.3, 0.4) is 0 Å². The maximum absolute atomic E-state index is 12.9. The van der Waals surface area contributed by atoms with Crippen molar-refractivity contribution in [3.63, 3.8) is 0 Å². The van der Waals surface area contributed by atoms with Gasteiger partial charge in [-0.25, -0.2) is 8.78 Å². The summed E-state index contributed by atoms with van der Waals surface area (Å²) in [5, 5.41) is 2.93. The fourth-order valence-corrected chi connectivity index (χ4v) is 2.48. The van der Waals surface area contributed by atoms with Crippen LogP contribution in [0.15, 0.2) is 54.6 Å². The fraction of sp³-hybridized carbons (Fsp3) is 0. The normalized spacial score (nSPS) is 10.9. The Kier molecular flexibility index (Phi) is 4.72. The summed E-state index contributed by atoms with van der Waals surface area (Å²) < 4.78 is 29.8. The molecule has 1 heterocycles. The Bertz CT molecular complexity index is 874. The third kappa shape index (κ3) is 4.08. The lowest BCUT2D eigenvalue weighted by Crippen LogP contribution is -2.07. The van der Waals surface area contributed by atoms with Crippen molar-refractivity contribution in [2.24, 2.45) is 0 Å². The van der Waals surface area contributed by atoms with E-state index in [1.165, 1.54) is 30.3 Å². The van der Waals surface area contributed by atoms with E-state index in [-0.39, 0.29) is 17.5 Å². The number of benzene rings is 2. The Morgan fingerprint density at radius 2 is 1.62 bits per heavy atom. The van der Waals surface area contributed by atoms with Gasteiger partial charge in [0, 0.05) is 23.2 Å². The van der Waals surface area contributed by atoms with E-state index < -0.39 is 0 Å². The molecule has 0 aliphatic carbocycles. The van der Waals surface area contributed by atoms with Crippen molar-refractivity contribution in [1.29, 1.82) is 0 Å². The standard InChI is InChI=1S/C17H11F2N3OS/c18-13-6-1-11(2-7-13)3-10-15(23)20-17-21-16(22-24-17)12-4-8-14(19)9-5-12/h1-10H,(H,20,21,22,23). The fourth-order valence-electron chi connectivity index (χ4n) is 1.88. The van der Waals surface area contributed by atoms with Crippen molar-refractivity contribution in [1.82, 2.24) is 9.36 Å². The molecule has 0 aliphatic rings. The Morgan fingerprint density at radius 1 is 1.00 bits per heavy atom. The second kappa shape index (κ2) is 7.10. The van der Waals surface area contributed by atoms with Crippen molar-refractivity contribution >= 4 is 28.6 Å². The van der Waals surface area contributed by atoms with Crippen molar-refractivity contribution in [2.45, 2.75) is 0 Å². The van der Waals surface area contributed by atoms with Gasteiger partial charge in [0.05, 0.1) is 0 Å². The van der Waals surface area contributed by atoms with Gasteiger partial charge in [0.25, 0.3) is 0 Å². The van der Waals surface area contributed by atoms with Gasteiger partial charge in [-0.15, -0.1) is 0 Å². The SMILES string of the molecule is O=C(C=Cc1ccc(F)cc1)Nc1nc(-c2ccc(F)cc2)ns1. The van der Waals surface area contributed by atoms with Gasteiger partial charge in [0.15, 0.2) is 5.82 Å². The molecule has 0 aliphatic heterocycles. The van der Waals surface area contributed by atoms with Crippen molar-refractivity contribution < 1.29 is 13.6 Å². The van der Waals surface area contributed by atoms with Crippen LogP contribution in [0.2, 0.25) is 0 Å². The first-order valence-corrected chi connectivity index (χ1v) is 7.72. The molecule has 0 radical (unpaired) electrons. The van der Waals surface area contributed by atoms with Crippen molar-refractivity contribution in [3.05, 3.63) is 71.8 Å². The number of anilines is 1. The highest BCUT2D eigenvalue weighted by Crippen LogP contribution is 2.21. The maximum Gasteiger partial charge on any atom is 0.250 e. The molecule has 1 amide bonds. The molecule has 7 heteroatoms. The van der Waals surface area contributed by atoms with Crippen LogP contribution >= 0.6 is 11.5 Å². The number of hydrogen-bond donors (Lipinski definition) is 1. The summed E-state index contributed by atoms with van der Waals surface area (Å²) in [6, 6.07) is 11.5. The van der Waals surface area contributed by atoms with Gasteiger partial charge in [-0.1, -0.05) is 12.1 Å². The van der Waals surface area contributed by atoms with Crippen LogP contribution in [0.4, 0.5) is 13.9 Å². The van der Waals surface area contributed by atoms with Gasteiger partial charge in [-0.05, 0) is 48.0 Å². The second-order valence-corrected chi connectivity index (χ2v) is 5.56. The van der Waals surface area contributed by atoms with Crippen LogP contribution in [0.25, 0.3) is 17.5 Å². The molecule has 0 bridgehead atoms. The number of nitrogens with zero attached hydrogens (tertiary/aromatic N) is 2. The number of halogens is 2. The van der Waals surface area contributed by atoms with Gasteiger partial charge in [-0.2, -0.15) is 9.36 Å². The van der Waals surface area contributed by atoms with Crippen LogP contribution in [0.5, 0.6) is 0 Å². The Balaban J connectivity index is 1.64. The third-order valence-electron chi connectivity index (χ3n) is 3.06. The molecule has 24 heavy (non-hydrogen) atoms. The molecule has 0 saturated heterocycles. The van der Waals surface area contributed by atoms with Gasteiger partial charge in [-0.3, -0.25) is 10.1 Å². The molecule has 0 unspecified atom stereocenters. The Labute approximate surface area is 140 Å². The molecular weight excluding hydrogens is 332 g/mol. The number of nitrogens with one attached hydrogen (secondary N) is 1. The lowest BCUT2D eigenvalue weighted by molar-refractivity contribution is -0.111. The molecule has 0 spiro atoms. The molecule has 0 saturated carbocycles. The predicted octanol–water partition coefficient (Wildman–Crippen LogP) is 4.14. The minimum atomic E-state index is -0.374. The van der Waals surface area contributed by atoms with E-state index in [4.69, 9.17) is 0 Å². The minimum Gasteiger partial charge on any atom is -0.297 e. The lowest BCUT2D eigenvalue weighted by atomic mass is 10.2. The van der Waals surface area contributed by atoms with E-state index in [2.05, 4.69) is 14.7 Å². The zero-order valence-electron chi connectivity index (χ0n) is 12.2. The molecule has 4 nitrogen and oxygen atoms in total. The van der Waals surface area contributed by atoms with E-state index in [0.717, 1.165) is 11.5 Å². The van der Waals surface area contributed by atoms with Crippen LogP contribution in [0, 0.1) is 11.6 Å². The lowest BCUT2D eigenvalue weighted by Gasteiger charge is -1.96. The van der Waals surface area contributed by atoms with Gasteiger partial charge in [0.1, 0.15) is 11.6 Å². The van der Waals surface area contributed by atoms with E-state index in [0.29, 0.717) is 22.1 Å². The van der Waals surface area contributed by atoms with Crippen LogP contribution < -0.4 is 5.32 Å². The Hall–Kier alpha value is -2.93. The number of hydrogen-bond acceptors (Lipinski definition) is 4. The van der Waals surface area contributed by atoms with Crippen LogP contribution in [-0.2, 0) is 4.79 Å². The molecule has 0 atom stereocenters. The summed E-state index contributed by atoms with van der Waals surface area (Å²) in [5.41, 5.74) is 1.37. The quantitative estimate of drug-likeness (QED) is 0.725. The van der Waals surface area contributed by atoms with Crippen molar-refractivity contribution in [3.8, 4) is 11.4 Å². The number of aromatic nitrogens is 2. The molecule has 1 N–H and O–H groups in total. The molecule has 1 aromatic heterocycles. The molecular formula is C17H11F2N3OS. The van der Waals surface area contributed by atoms with E-state index in [9.17, 15) is 13.6 Å². The first kappa shape index (κ1) is 15.9. The van der Waals surface area contributed by atoms with E-state index >= 15 is 0 Å². The topological polar surface area (TPSA) is 54.9 Å². The molecule has 2 aromatic carbocycles. The summed E-state index contributed by atoms with van der Waals surface area (Å²) in [7, 11) is 0. The summed E-state index contributed by atoms with van der Waals surface area (Å²) in [6.45, 7) is 0. The summed E-state index contributed by atoms with van der Waals surface area (Å²) in [4.78, 5) is 16.0. The second-order valence-electron chi connectivity index (χ2n) is 4.80. The first-order chi connectivity index (χ1) is 11.6. The van der Waals surface area contributed by atoms with Crippen LogP contribution in [-0.4, -0.2) is 15.3 Å². The Morgan fingerprint density at radius 3 is 2.29 bits per heavy atom. The average molecular weight is 343 g/mol. The monoisotopic (exact) mass is 343 g/mol. The molecule has 120 valence electrons. The molecule has 3 aromatic rings. The summed E-state index contributed by atoms with van der Waals surface area (Å²) in [5.74, 6) is -0.633. The summed E-state index contributed by atoms with van der Waals surface area (Å²) >= 11 is 1.03. The van der Waals surface area contributed by atoms with Gasteiger partial charge < -0.3 is 0 Å². The zero-order chi connectivity index (χ0) is 16.9.